The van der Waals surface area contributed by atoms with Crippen molar-refractivity contribution in [1.29, 1.82) is 0 Å². The molecule has 1 aromatic rings. The van der Waals surface area contributed by atoms with E-state index < -0.39 is 5.97 Å². The molecule has 0 fully saturated rings. The first-order chi connectivity index (χ1) is 9.06. The van der Waals surface area contributed by atoms with E-state index in [1.165, 1.54) is 13.2 Å². The molecule has 0 spiro atoms. The van der Waals surface area contributed by atoms with Crippen LogP contribution in [0.3, 0.4) is 0 Å². The lowest BCUT2D eigenvalue weighted by molar-refractivity contribution is -0.140. The summed E-state index contributed by atoms with van der Waals surface area (Å²) in [7, 11) is 2.83. The molecule has 0 aromatic heterocycles. The van der Waals surface area contributed by atoms with Gasteiger partial charge in [0.05, 0.1) is 14.2 Å². The largest absolute Gasteiger partial charge is 0.496 e. The Hall–Kier alpha value is -2.30. The molecule has 0 aliphatic heterocycles. The molecule has 0 saturated heterocycles. The molecule has 5 nitrogen and oxygen atoms in total. The molecule has 0 aliphatic carbocycles. The Morgan fingerprint density at radius 3 is 2.68 bits per heavy atom. The Bertz CT molecular complexity index is 494. The number of nitrogens with one attached hydrogen (secondary N) is 1. The molecule has 1 aromatic carbocycles. The second kappa shape index (κ2) is 7.20. The Kier molecular flexibility index (Phi) is 5.60. The van der Waals surface area contributed by atoms with Gasteiger partial charge in [0.1, 0.15) is 12.3 Å². The number of aryl methyl sites for hydroxylation is 1. The molecular weight excluding hydrogens is 246 g/mol. The van der Waals surface area contributed by atoms with Crippen molar-refractivity contribution >= 4 is 18.0 Å². The summed E-state index contributed by atoms with van der Waals surface area (Å²) in [4.78, 5) is 22.3. The van der Waals surface area contributed by atoms with Gasteiger partial charge in [-0.15, -0.1) is 0 Å². The standard InChI is InChI=1S/C14H17NO4/c1-10-4-6-12(18-2)11(8-10)5-7-13(16)15-9-14(17)19-3/h4-8H,9H2,1-3H3,(H,15,16)/b7-5+. The molecule has 1 amide bonds. The summed E-state index contributed by atoms with van der Waals surface area (Å²) < 4.78 is 9.61. The number of carbonyl (C=O) groups excluding carboxylic acids is 2. The Balaban J connectivity index is 2.68. The molecule has 1 rings (SSSR count). The third-order valence-corrected chi connectivity index (χ3v) is 2.43. The van der Waals surface area contributed by atoms with Crippen LogP contribution in [0.2, 0.25) is 0 Å². The summed E-state index contributed by atoms with van der Waals surface area (Å²) in [5, 5.41) is 2.41. The second-order valence-electron chi connectivity index (χ2n) is 3.87. The van der Waals surface area contributed by atoms with Crippen LogP contribution in [0.5, 0.6) is 5.75 Å². The van der Waals surface area contributed by atoms with E-state index in [0.29, 0.717) is 5.75 Å². The van der Waals surface area contributed by atoms with Crippen molar-refractivity contribution in [3.8, 4) is 5.75 Å². The first-order valence-corrected chi connectivity index (χ1v) is 5.74. The fourth-order valence-corrected chi connectivity index (χ4v) is 1.44. The van der Waals surface area contributed by atoms with Gasteiger partial charge in [-0.2, -0.15) is 0 Å². The van der Waals surface area contributed by atoms with Gasteiger partial charge in [0.25, 0.3) is 0 Å². The van der Waals surface area contributed by atoms with Gasteiger partial charge in [-0.25, -0.2) is 0 Å². The molecule has 0 saturated carbocycles. The monoisotopic (exact) mass is 263 g/mol. The predicted molar refractivity (Wildman–Crippen MR) is 71.8 cm³/mol. The zero-order chi connectivity index (χ0) is 14.3. The summed E-state index contributed by atoms with van der Waals surface area (Å²) in [6, 6.07) is 5.66. The number of methoxy groups -OCH3 is 2. The van der Waals surface area contributed by atoms with Gasteiger partial charge in [0, 0.05) is 11.6 Å². The van der Waals surface area contributed by atoms with Crippen molar-refractivity contribution in [3.05, 3.63) is 35.4 Å². The number of rotatable bonds is 5. The maximum absolute atomic E-state index is 11.5. The highest BCUT2D eigenvalue weighted by molar-refractivity contribution is 5.93. The molecule has 0 bridgehead atoms. The molecule has 0 aliphatic rings. The van der Waals surface area contributed by atoms with E-state index in [0.717, 1.165) is 11.1 Å². The molecule has 19 heavy (non-hydrogen) atoms. The maximum Gasteiger partial charge on any atom is 0.325 e. The number of esters is 1. The van der Waals surface area contributed by atoms with Crippen molar-refractivity contribution in [2.45, 2.75) is 6.92 Å². The molecule has 0 atom stereocenters. The lowest BCUT2D eigenvalue weighted by Crippen LogP contribution is -2.28. The van der Waals surface area contributed by atoms with E-state index in [9.17, 15) is 9.59 Å². The fourth-order valence-electron chi connectivity index (χ4n) is 1.44. The van der Waals surface area contributed by atoms with Gasteiger partial charge in [-0.05, 0) is 25.1 Å². The fraction of sp³-hybridized carbons (Fsp3) is 0.286. The van der Waals surface area contributed by atoms with E-state index in [4.69, 9.17) is 4.74 Å². The van der Waals surface area contributed by atoms with E-state index in [2.05, 4.69) is 10.1 Å². The summed E-state index contributed by atoms with van der Waals surface area (Å²) in [5.74, 6) is -0.175. The molecule has 0 radical (unpaired) electrons. The van der Waals surface area contributed by atoms with E-state index in [-0.39, 0.29) is 12.5 Å². The van der Waals surface area contributed by atoms with Crippen LogP contribution in [0.15, 0.2) is 24.3 Å². The van der Waals surface area contributed by atoms with Crippen LogP contribution < -0.4 is 10.1 Å². The Morgan fingerprint density at radius 2 is 2.05 bits per heavy atom. The quantitative estimate of drug-likeness (QED) is 0.642. The molecule has 0 heterocycles. The van der Waals surface area contributed by atoms with Crippen LogP contribution in [-0.2, 0) is 14.3 Å². The van der Waals surface area contributed by atoms with E-state index in [1.54, 1.807) is 13.2 Å². The lowest BCUT2D eigenvalue weighted by Gasteiger charge is -2.05. The van der Waals surface area contributed by atoms with Gasteiger partial charge >= 0.3 is 5.97 Å². The Labute approximate surface area is 112 Å². The van der Waals surface area contributed by atoms with Crippen molar-refractivity contribution in [2.24, 2.45) is 0 Å². The first-order valence-electron chi connectivity index (χ1n) is 5.74. The van der Waals surface area contributed by atoms with Crippen molar-refractivity contribution in [2.75, 3.05) is 20.8 Å². The number of hydrogen-bond donors (Lipinski definition) is 1. The summed E-state index contributed by atoms with van der Waals surface area (Å²) in [6.07, 6.45) is 2.98. The van der Waals surface area contributed by atoms with Gasteiger partial charge in [-0.3, -0.25) is 9.59 Å². The third-order valence-electron chi connectivity index (χ3n) is 2.43. The summed E-state index contributed by atoms with van der Waals surface area (Å²) in [5.41, 5.74) is 1.87. The Morgan fingerprint density at radius 1 is 1.32 bits per heavy atom. The zero-order valence-corrected chi connectivity index (χ0v) is 11.2. The molecule has 1 N–H and O–H groups in total. The van der Waals surface area contributed by atoms with Crippen LogP contribution in [0, 0.1) is 6.92 Å². The van der Waals surface area contributed by atoms with Gasteiger partial charge < -0.3 is 14.8 Å². The van der Waals surface area contributed by atoms with Crippen molar-refractivity contribution in [3.63, 3.8) is 0 Å². The van der Waals surface area contributed by atoms with Gasteiger partial charge in [-0.1, -0.05) is 11.6 Å². The molecular formula is C14H17NO4. The van der Waals surface area contributed by atoms with Crippen LogP contribution in [0.25, 0.3) is 6.08 Å². The van der Waals surface area contributed by atoms with Crippen molar-refractivity contribution < 1.29 is 19.1 Å². The third kappa shape index (κ3) is 4.83. The minimum atomic E-state index is -0.491. The second-order valence-corrected chi connectivity index (χ2v) is 3.87. The number of hydrogen-bond acceptors (Lipinski definition) is 4. The van der Waals surface area contributed by atoms with Crippen LogP contribution in [-0.4, -0.2) is 32.6 Å². The minimum absolute atomic E-state index is 0.148. The van der Waals surface area contributed by atoms with Gasteiger partial charge in [0.15, 0.2) is 0 Å². The highest BCUT2D eigenvalue weighted by atomic mass is 16.5. The SMILES string of the molecule is COC(=O)CNC(=O)/C=C/c1cc(C)ccc1OC. The van der Waals surface area contributed by atoms with E-state index >= 15 is 0 Å². The maximum atomic E-state index is 11.5. The number of amides is 1. The smallest absolute Gasteiger partial charge is 0.325 e. The van der Waals surface area contributed by atoms with Crippen LogP contribution in [0.1, 0.15) is 11.1 Å². The zero-order valence-electron chi connectivity index (χ0n) is 11.2. The van der Waals surface area contributed by atoms with Crippen LogP contribution in [0.4, 0.5) is 0 Å². The molecule has 102 valence electrons. The summed E-state index contributed by atoms with van der Waals surface area (Å²) >= 11 is 0. The van der Waals surface area contributed by atoms with E-state index in [1.807, 2.05) is 25.1 Å². The average Bonchev–Trinajstić information content (AvgIpc) is 2.42. The topological polar surface area (TPSA) is 64.6 Å². The highest BCUT2D eigenvalue weighted by Crippen LogP contribution is 2.20. The number of benzene rings is 1. The van der Waals surface area contributed by atoms with Gasteiger partial charge in [0.2, 0.25) is 5.91 Å². The minimum Gasteiger partial charge on any atom is -0.496 e. The summed E-state index contributed by atoms with van der Waals surface area (Å²) in [6.45, 7) is 1.80. The van der Waals surface area contributed by atoms with Crippen molar-refractivity contribution in [1.82, 2.24) is 5.32 Å². The molecule has 5 heteroatoms. The molecule has 0 unspecified atom stereocenters. The number of carbonyl (C=O) groups is 2. The average molecular weight is 263 g/mol. The first kappa shape index (κ1) is 14.8. The predicted octanol–water partition coefficient (Wildman–Crippen LogP) is 1.31. The highest BCUT2D eigenvalue weighted by Gasteiger charge is 2.03. The number of ether oxygens (including phenoxy) is 2. The van der Waals surface area contributed by atoms with Crippen LogP contribution >= 0.6 is 0 Å². The lowest BCUT2D eigenvalue weighted by atomic mass is 10.1. The normalized spacial score (nSPS) is 10.3.